The molecule has 0 spiro atoms. The molecule has 1 amide bonds. The van der Waals surface area contributed by atoms with Gasteiger partial charge in [0.1, 0.15) is 0 Å². The fourth-order valence-electron chi connectivity index (χ4n) is 3.20. The smallest absolute Gasteiger partial charge is 0.278 e. The number of para-hydroxylation sites is 1. The van der Waals surface area contributed by atoms with Crippen molar-refractivity contribution in [2.45, 2.75) is 26.4 Å². The van der Waals surface area contributed by atoms with Crippen molar-refractivity contribution in [3.05, 3.63) is 77.4 Å². The molecule has 2 aromatic heterocycles. The van der Waals surface area contributed by atoms with Gasteiger partial charge in [-0.15, -0.1) is 10.2 Å². The Morgan fingerprint density at radius 2 is 1.84 bits per heavy atom. The van der Waals surface area contributed by atoms with E-state index in [0.717, 1.165) is 5.69 Å². The summed E-state index contributed by atoms with van der Waals surface area (Å²) in [6.45, 7) is 3.93. The third-order valence-corrected chi connectivity index (χ3v) is 5.21. The molecule has 0 aliphatic carbocycles. The minimum Gasteiger partial charge on any atom is -0.493 e. The van der Waals surface area contributed by atoms with E-state index in [1.165, 1.54) is 7.11 Å². The first-order chi connectivity index (χ1) is 15.5. The largest absolute Gasteiger partial charge is 0.493 e. The van der Waals surface area contributed by atoms with Crippen LogP contribution >= 0.6 is 11.6 Å². The van der Waals surface area contributed by atoms with Crippen LogP contribution < -0.4 is 4.74 Å². The van der Waals surface area contributed by atoms with E-state index < -0.39 is 0 Å². The van der Waals surface area contributed by atoms with Crippen LogP contribution in [0.15, 0.2) is 65.2 Å². The first kappa shape index (κ1) is 21.6. The van der Waals surface area contributed by atoms with E-state index in [1.807, 2.05) is 56.3 Å². The van der Waals surface area contributed by atoms with Crippen LogP contribution in [0.1, 0.15) is 30.2 Å². The van der Waals surface area contributed by atoms with Gasteiger partial charge in [0, 0.05) is 6.04 Å². The summed E-state index contributed by atoms with van der Waals surface area (Å²) in [6.07, 6.45) is 1.68. The second-order valence-corrected chi connectivity index (χ2v) is 7.74. The number of hydrogen-bond acceptors (Lipinski definition) is 6. The molecule has 0 unspecified atom stereocenters. The Morgan fingerprint density at radius 1 is 1.12 bits per heavy atom. The number of aromatic nitrogens is 4. The predicted octanol–water partition coefficient (Wildman–Crippen LogP) is 4.64. The van der Waals surface area contributed by atoms with Gasteiger partial charge in [0.25, 0.3) is 5.91 Å². The summed E-state index contributed by atoms with van der Waals surface area (Å²) in [5, 5.41) is 13.2. The van der Waals surface area contributed by atoms with E-state index in [9.17, 15) is 4.79 Å². The standard InChI is InChI=1S/C23H22ClN5O3/c1-15(2)28(14-20-25-26-22(32-20)17-11-7-8-12-18(17)24)23(30)21-19(31-3)13-29(27-21)16-9-5-4-6-10-16/h4-13,15H,14H2,1-3H3. The highest BCUT2D eigenvalue weighted by molar-refractivity contribution is 6.33. The molecular formula is C23H22ClN5O3. The summed E-state index contributed by atoms with van der Waals surface area (Å²) in [5.74, 6) is 0.673. The SMILES string of the molecule is COc1cn(-c2ccccc2)nc1C(=O)N(Cc1nnc(-c2ccccc2Cl)o1)C(C)C. The number of ether oxygens (including phenoxy) is 1. The minimum absolute atomic E-state index is 0.120. The molecule has 164 valence electrons. The van der Waals surface area contributed by atoms with E-state index >= 15 is 0 Å². The van der Waals surface area contributed by atoms with Gasteiger partial charge in [0.2, 0.25) is 11.8 Å². The lowest BCUT2D eigenvalue weighted by Crippen LogP contribution is -2.37. The van der Waals surface area contributed by atoms with Crippen LogP contribution in [0.5, 0.6) is 5.75 Å². The number of amides is 1. The number of halogens is 1. The van der Waals surface area contributed by atoms with Gasteiger partial charge in [-0.05, 0) is 38.1 Å². The zero-order chi connectivity index (χ0) is 22.7. The van der Waals surface area contributed by atoms with Gasteiger partial charge >= 0.3 is 0 Å². The highest BCUT2D eigenvalue weighted by atomic mass is 35.5. The van der Waals surface area contributed by atoms with Gasteiger partial charge in [-0.1, -0.05) is 41.9 Å². The fourth-order valence-corrected chi connectivity index (χ4v) is 3.42. The van der Waals surface area contributed by atoms with Crippen molar-refractivity contribution >= 4 is 17.5 Å². The maximum Gasteiger partial charge on any atom is 0.278 e. The predicted molar refractivity (Wildman–Crippen MR) is 120 cm³/mol. The third-order valence-electron chi connectivity index (χ3n) is 4.88. The van der Waals surface area contributed by atoms with Crippen molar-refractivity contribution in [2.75, 3.05) is 7.11 Å². The molecule has 4 rings (SSSR count). The molecule has 4 aromatic rings. The Balaban J connectivity index is 1.61. The van der Waals surface area contributed by atoms with Gasteiger partial charge < -0.3 is 14.1 Å². The summed E-state index contributed by atoms with van der Waals surface area (Å²) in [4.78, 5) is 15.0. The number of rotatable bonds is 7. The summed E-state index contributed by atoms with van der Waals surface area (Å²) in [6, 6.07) is 16.6. The van der Waals surface area contributed by atoms with Crippen LogP contribution in [-0.4, -0.2) is 43.9 Å². The first-order valence-electron chi connectivity index (χ1n) is 10.0. The normalized spacial score (nSPS) is 11.0. The molecule has 0 bridgehead atoms. The summed E-state index contributed by atoms with van der Waals surface area (Å²) < 4.78 is 12.8. The van der Waals surface area contributed by atoms with Gasteiger partial charge in [0.05, 0.1) is 36.1 Å². The first-order valence-corrected chi connectivity index (χ1v) is 10.4. The molecule has 0 saturated carbocycles. The Kier molecular flexibility index (Phi) is 6.23. The molecule has 0 aliphatic rings. The molecule has 0 radical (unpaired) electrons. The van der Waals surface area contributed by atoms with Crippen LogP contribution in [0.25, 0.3) is 17.1 Å². The average molecular weight is 452 g/mol. The molecule has 0 atom stereocenters. The maximum absolute atomic E-state index is 13.4. The van der Waals surface area contributed by atoms with Crippen LogP contribution in [0, 0.1) is 0 Å². The number of benzene rings is 2. The molecule has 2 aromatic carbocycles. The lowest BCUT2D eigenvalue weighted by molar-refractivity contribution is 0.0662. The van der Waals surface area contributed by atoms with Crippen molar-refractivity contribution in [2.24, 2.45) is 0 Å². The van der Waals surface area contributed by atoms with Crippen LogP contribution in [0.3, 0.4) is 0 Å². The van der Waals surface area contributed by atoms with Gasteiger partial charge in [-0.3, -0.25) is 4.79 Å². The van der Waals surface area contributed by atoms with E-state index in [1.54, 1.807) is 27.9 Å². The molecule has 9 heteroatoms. The highest BCUT2D eigenvalue weighted by Gasteiger charge is 2.27. The van der Waals surface area contributed by atoms with Crippen molar-refractivity contribution in [1.82, 2.24) is 24.9 Å². The number of nitrogens with zero attached hydrogens (tertiary/aromatic N) is 5. The second-order valence-electron chi connectivity index (χ2n) is 7.33. The Hall–Kier alpha value is -3.65. The molecule has 0 saturated heterocycles. The van der Waals surface area contributed by atoms with Crippen LogP contribution in [-0.2, 0) is 6.54 Å². The van der Waals surface area contributed by atoms with Crippen molar-refractivity contribution in [1.29, 1.82) is 0 Å². The molecular weight excluding hydrogens is 430 g/mol. The van der Waals surface area contributed by atoms with Gasteiger partial charge in [-0.2, -0.15) is 5.10 Å². The van der Waals surface area contributed by atoms with Crippen molar-refractivity contribution < 1.29 is 13.9 Å². The zero-order valence-corrected chi connectivity index (χ0v) is 18.7. The summed E-state index contributed by atoms with van der Waals surface area (Å²) in [7, 11) is 1.51. The number of carbonyl (C=O) groups excluding carboxylic acids is 1. The second kappa shape index (κ2) is 9.23. The van der Waals surface area contributed by atoms with E-state index in [4.69, 9.17) is 20.8 Å². The minimum atomic E-state index is -0.302. The topological polar surface area (TPSA) is 86.3 Å². The van der Waals surface area contributed by atoms with Crippen molar-refractivity contribution in [3.63, 3.8) is 0 Å². The number of carbonyl (C=O) groups is 1. The number of hydrogen-bond donors (Lipinski definition) is 0. The molecule has 0 N–H and O–H groups in total. The Labute approximate surface area is 190 Å². The summed E-state index contributed by atoms with van der Waals surface area (Å²) in [5.41, 5.74) is 1.66. The molecule has 0 aliphatic heterocycles. The van der Waals surface area contributed by atoms with Gasteiger partial charge in [-0.25, -0.2) is 4.68 Å². The van der Waals surface area contributed by atoms with E-state index in [2.05, 4.69) is 15.3 Å². The van der Waals surface area contributed by atoms with Gasteiger partial charge in [0.15, 0.2) is 11.4 Å². The maximum atomic E-state index is 13.4. The van der Waals surface area contributed by atoms with E-state index in [-0.39, 0.29) is 24.2 Å². The highest BCUT2D eigenvalue weighted by Crippen LogP contribution is 2.27. The fraction of sp³-hybridized carbons (Fsp3) is 0.217. The zero-order valence-electron chi connectivity index (χ0n) is 17.9. The molecule has 2 heterocycles. The molecule has 8 nitrogen and oxygen atoms in total. The van der Waals surface area contributed by atoms with Crippen LogP contribution in [0.2, 0.25) is 5.02 Å². The van der Waals surface area contributed by atoms with Crippen molar-refractivity contribution in [3.8, 4) is 22.9 Å². The lowest BCUT2D eigenvalue weighted by atomic mass is 10.2. The number of methoxy groups -OCH3 is 1. The Morgan fingerprint density at radius 3 is 2.53 bits per heavy atom. The van der Waals surface area contributed by atoms with E-state index in [0.29, 0.717) is 28.1 Å². The third kappa shape index (κ3) is 4.36. The average Bonchev–Trinajstić information content (AvgIpc) is 3.45. The summed E-state index contributed by atoms with van der Waals surface area (Å²) >= 11 is 6.22. The Bertz CT molecular complexity index is 1220. The quantitative estimate of drug-likeness (QED) is 0.407. The molecule has 32 heavy (non-hydrogen) atoms. The molecule has 0 fully saturated rings. The monoisotopic (exact) mass is 451 g/mol. The van der Waals surface area contributed by atoms with Crippen LogP contribution in [0.4, 0.5) is 0 Å². The lowest BCUT2D eigenvalue weighted by Gasteiger charge is -2.24.